The molecule has 2 heteroatoms. The van der Waals surface area contributed by atoms with Crippen LogP contribution in [0.2, 0.25) is 0 Å². The largest absolute Gasteiger partial charge is 0.259 e. The molecule has 3 aromatic carbocycles. The second-order valence-corrected chi connectivity index (χ2v) is 6.81. The summed E-state index contributed by atoms with van der Waals surface area (Å²) in [6.45, 7) is 2.07. The van der Waals surface area contributed by atoms with Crippen LogP contribution in [0.4, 0.5) is 0 Å². The molecule has 3 rings (SSSR count). The molecular weight excluding hydrogens is 276 g/mol. The molecule has 0 heterocycles. The summed E-state index contributed by atoms with van der Waals surface area (Å²) in [7, 11) is -0.885. The lowest BCUT2D eigenvalue weighted by Crippen LogP contribution is -2.00. The molecule has 0 amide bonds. The van der Waals surface area contributed by atoms with Gasteiger partial charge >= 0.3 is 0 Å². The Bertz CT molecular complexity index is 770. The van der Waals surface area contributed by atoms with Crippen molar-refractivity contribution in [1.82, 2.24) is 0 Å². The Morgan fingerprint density at radius 3 is 2.33 bits per heavy atom. The quantitative estimate of drug-likeness (QED) is 0.687. The van der Waals surface area contributed by atoms with E-state index in [2.05, 4.69) is 55.5 Å². The van der Waals surface area contributed by atoms with Crippen molar-refractivity contribution in [3.8, 4) is 0 Å². The van der Waals surface area contributed by atoms with Crippen LogP contribution >= 0.6 is 0 Å². The van der Waals surface area contributed by atoms with Gasteiger partial charge in [0, 0.05) is 22.3 Å². The normalized spacial score (nSPS) is 12.4. The lowest BCUT2D eigenvalue weighted by atomic mass is 10.1. The summed E-state index contributed by atoms with van der Waals surface area (Å²) in [5.74, 6) is 1.22. The van der Waals surface area contributed by atoms with Crippen molar-refractivity contribution in [2.75, 3.05) is 0 Å². The first-order valence-electron chi connectivity index (χ1n) is 7.09. The molecule has 0 unspecified atom stereocenters. The average Bonchev–Trinajstić information content (AvgIpc) is 2.50. The molecule has 0 aliphatic rings. The second kappa shape index (κ2) is 6.23. The first-order chi connectivity index (χ1) is 10.2. The maximum atomic E-state index is 12.4. The summed E-state index contributed by atoms with van der Waals surface area (Å²) >= 11 is 0. The molecule has 0 N–H and O–H groups in total. The first-order valence-corrected chi connectivity index (χ1v) is 8.58. The molecule has 0 aliphatic carbocycles. The van der Waals surface area contributed by atoms with Crippen molar-refractivity contribution < 1.29 is 4.21 Å². The summed E-state index contributed by atoms with van der Waals surface area (Å²) in [5, 5.41) is 2.42. The van der Waals surface area contributed by atoms with Crippen LogP contribution in [-0.4, -0.2) is 4.21 Å². The molecule has 1 atom stereocenters. The zero-order chi connectivity index (χ0) is 14.7. The molecule has 3 aromatic rings. The lowest BCUT2D eigenvalue weighted by Gasteiger charge is -2.07. The van der Waals surface area contributed by atoms with Gasteiger partial charge in [0.2, 0.25) is 0 Å². The predicted octanol–water partition coefficient (Wildman–Crippen LogP) is 4.60. The van der Waals surface area contributed by atoms with E-state index >= 15 is 0 Å². The Kier molecular flexibility index (Phi) is 4.16. The van der Waals surface area contributed by atoms with E-state index in [1.165, 1.54) is 21.9 Å². The van der Waals surface area contributed by atoms with Gasteiger partial charge in [-0.15, -0.1) is 0 Å². The Morgan fingerprint density at radius 2 is 1.52 bits per heavy atom. The van der Waals surface area contributed by atoms with Crippen LogP contribution in [0.3, 0.4) is 0 Å². The molecule has 0 bridgehead atoms. The topological polar surface area (TPSA) is 17.1 Å². The van der Waals surface area contributed by atoms with Crippen LogP contribution in [-0.2, 0) is 22.3 Å². The summed E-state index contributed by atoms with van der Waals surface area (Å²) in [5.41, 5.74) is 3.54. The minimum atomic E-state index is -0.885. The van der Waals surface area contributed by atoms with Crippen LogP contribution in [0.15, 0.2) is 66.7 Å². The highest BCUT2D eigenvalue weighted by Crippen LogP contribution is 2.20. The van der Waals surface area contributed by atoms with Gasteiger partial charge in [0.1, 0.15) is 0 Å². The van der Waals surface area contributed by atoms with Gasteiger partial charge in [-0.3, -0.25) is 4.21 Å². The number of aryl methyl sites for hydroxylation is 1. The fraction of sp³-hybridized carbons (Fsp3) is 0.158. The number of benzene rings is 3. The molecule has 0 fully saturated rings. The fourth-order valence-electron chi connectivity index (χ4n) is 2.51. The SMILES string of the molecule is Cc1ccc(C[S@@](=O)Cc2cccc3ccccc23)cc1. The van der Waals surface area contributed by atoms with Crippen molar-refractivity contribution in [3.05, 3.63) is 83.4 Å². The smallest absolute Gasteiger partial charge is 0.0495 e. The van der Waals surface area contributed by atoms with E-state index in [1.807, 2.05) is 18.2 Å². The minimum Gasteiger partial charge on any atom is -0.259 e. The lowest BCUT2D eigenvalue weighted by molar-refractivity contribution is 0.682. The van der Waals surface area contributed by atoms with Crippen molar-refractivity contribution in [1.29, 1.82) is 0 Å². The first kappa shape index (κ1) is 14.0. The van der Waals surface area contributed by atoms with Crippen LogP contribution < -0.4 is 0 Å². The van der Waals surface area contributed by atoms with Crippen molar-refractivity contribution >= 4 is 21.6 Å². The molecule has 0 spiro atoms. The summed E-state index contributed by atoms with van der Waals surface area (Å²) < 4.78 is 12.4. The van der Waals surface area contributed by atoms with Crippen LogP contribution in [0.5, 0.6) is 0 Å². The highest BCUT2D eigenvalue weighted by Gasteiger charge is 2.06. The maximum Gasteiger partial charge on any atom is 0.0495 e. The third-order valence-corrected chi connectivity index (χ3v) is 4.93. The molecule has 1 nitrogen and oxygen atoms in total. The van der Waals surface area contributed by atoms with Gasteiger partial charge in [-0.1, -0.05) is 72.3 Å². The van der Waals surface area contributed by atoms with Crippen molar-refractivity contribution in [3.63, 3.8) is 0 Å². The van der Waals surface area contributed by atoms with Crippen LogP contribution in [0, 0.1) is 6.92 Å². The Balaban J connectivity index is 1.79. The summed E-state index contributed by atoms with van der Waals surface area (Å²) in [6, 6.07) is 22.8. The van der Waals surface area contributed by atoms with E-state index in [-0.39, 0.29) is 0 Å². The third-order valence-electron chi connectivity index (χ3n) is 3.64. The number of hydrogen-bond donors (Lipinski definition) is 0. The fourth-order valence-corrected chi connectivity index (χ4v) is 3.78. The van der Waals surface area contributed by atoms with E-state index in [1.54, 1.807) is 0 Å². The molecule has 0 radical (unpaired) electrons. The van der Waals surface area contributed by atoms with E-state index in [4.69, 9.17) is 0 Å². The summed E-state index contributed by atoms with van der Waals surface area (Å²) in [4.78, 5) is 0. The molecule has 0 saturated heterocycles. The van der Waals surface area contributed by atoms with Gasteiger partial charge in [0.25, 0.3) is 0 Å². The van der Waals surface area contributed by atoms with Crippen molar-refractivity contribution in [2.24, 2.45) is 0 Å². The predicted molar refractivity (Wildman–Crippen MR) is 90.7 cm³/mol. The van der Waals surface area contributed by atoms with Gasteiger partial charge in [-0.2, -0.15) is 0 Å². The highest BCUT2D eigenvalue weighted by molar-refractivity contribution is 7.83. The highest BCUT2D eigenvalue weighted by atomic mass is 32.2. The molecule has 106 valence electrons. The van der Waals surface area contributed by atoms with Gasteiger partial charge in [0.05, 0.1) is 0 Å². The van der Waals surface area contributed by atoms with E-state index in [0.717, 1.165) is 5.56 Å². The second-order valence-electron chi connectivity index (χ2n) is 5.35. The number of fused-ring (bicyclic) bond motifs is 1. The molecule has 0 aliphatic heterocycles. The standard InChI is InChI=1S/C19H18OS/c1-15-9-11-16(12-10-15)13-21(20)14-18-7-4-6-17-5-2-3-8-19(17)18/h2-12H,13-14H2,1H3/t21-/m1/s1. The molecule has 0 saturated carbocycles. The Morgan fingerprint density at radius 1 is 0.810 bits per heavy atom. The zero-order valence-electron chi connectivity index (χ0n) is 12.1. The van der Waals surface area contributed by atoms with Crippen LogP contribution in [0.25, 0.3) is 10.8 Å². The van der Waals surface area contributed by atoms with E-state index in [0.29, 0.717) is 11.5 Å². The van der Waals surface area contributed by atoms with Crippen LogP contribution in [0.1, 0.15) is 16.7 Å². The maximum absolute atomic E-state index is 12.4. The van der Waals surface area contributed by atoms with Gasteiger partial charge < -0.3 is 0 Å². The third kappa shape index (κ3) is 3.40. The molecule has 21 heavy (non-hydrogen) atoms. The van der Waals surface area contributed by atoms with Gasteiger partial charge in [0.15, 0.2) is 0 Å². The van der Waals surface area contributed by atoms with Gasteiger partial charge in [-0.05, 0) is 28.8 Å². The Labute approximate surface area is 128 Å². The molecule has 0 aromatic heterocycles. The van der Waals surface area contributed by atoms with Crippen molar-refractivity contribution in [2.45, 2.75) is 18.4 Å². The van der Waals surface area contributed by atoms with E-state index in [9.17, 15) is 4.21 Å². The van der Waals surface area contributed by atoms with Gasteiger partial charge in [-0.25, -0.2) is 0 Å². The average molecular weight is 294 g/mol. The summed E-state index contributed by atoms with van der Waals surface area (Å²) in [6.07, 6.45) is 0. The zero-order valence-corrected chi connectivity index (χ0v) is 12.9. The monoisotopic (exact) mass is 294 g/mol. The molecular formula is C19H18OS. The number of hydrogen-bond acceptors (Lipinski definition) is 1. The van der Waals surface area contributed by atoms with E-state index < -0.39 is 10.8 Å². The number of rotatable bonds is 4. The minimum absolute atomic E-state index is 0.606. The Hall–Kier alpha value is -1.93.